The van der Waals surface area contributed by atoms with E-state index < -0.39 is 0 Å². The Morgan fingerprint density at radius 2 is 0.154 bits per heavy atom. The molecule has 12 nitrogen and oxygen atoms in total. The predicted molar refractivity (Wildman–Crippen MR) is 43.4 cm³/mol. The summed E-state index contributed by atoms with van der Waals surface area (Å²) in [7, 11) is 0. The molecule has 13 heteroatoms. The Kier molecular flexibility index (Phi) is 87800000000. The maximum Gasteiger partial charge on any atom is 3.00 e. The second kappa shape index (κ2) is 941000. The SMILES string of the molecule is O.O.O.O.O.O.O.O.O.O.O.O.[Fe+3]. The van der Waals surface area contributed by atoms with Crippen LogP contribution in [0.3, 0.4) is 0 Å². The Morgan fingerprint density at radius 3 is 0.154 bits per heavy atom. The Morgan fingerprint density at radius 1 is 0.154 bits per heavy atom. The van der Waals surface area contributed by atoms with E-state index in [2.05, 4.69) is 0 Å². The Bertz CT molecular complexity index is 5.09. The van der Waals surface area contributed by atoms with Gasteiger partial charge in [-0.15, -0.1) is 0 Å². The first-order chi connectivity index (χ1) is 0. The van der Waals surface area contributed by atoms with E-state index in [1.165, 1.54) is 0 Å². The van der Waals surface area contributed by atoms with Crippen molar-refractivity contribution in [3.05, 3.63) is 0 Å². The first-order valence-corrected chi connectivity index (χ1v) is 0. The zero-order chi connectivity index (χ0) is 0. The molecule has 0 fully saturated rings. The van der Waals surface area contributed by atoms with Crippen LogP contribution in [0.5, 0.6) is 0 Å². The van der Waals surface area contributed by atoms with Gasteiger partial charge in [-0.1, -0.05) is 0 Å². The maximum absolute atomic E-state index is 0. The van der Waals surface area contributed by atoms with Gasteiger partial charge in [0.15, 0.2) is 0 Å². The molecule has 0 bridgehead atoms. The summed E-state index contributed by atoms with van der Waals surface area (Å²) in [6.07, 6.45) is 0. The van der Waals surface area contributed by atoms with Crippen LogP contribution in [-0.2, 0) is 17.1 Å². The average Bonchev–Trinajstić information content (AvgIpc) is 0. The summed E-state index contributed by atoms with van der Waals surface area (Å²) >= 11 is 0. The van der Waals surface area contributed by atoms with Crippen LogP contribution in [0.15, 0.2) is 0 Å². The van der Waals surface area contributed by atoms with Gasteiger partial charge in [0.05, 0.1) is 0 Å². The molecule has 0 spiro atoms. The third-order valence-electron chi connectivity index (χ3n) is 0. The van der Waals surface area contributed by atoms with Crippen molar-refractivity contribution in [2.24, 2.45) is 0 Å². The average molecular weight is 272 g/mol. The molecule has 0 amide bonds. The number of rotatable bonds is 0. The molecule has 0 saturated heterocycles. The summed E-state index contributed by atoms with van der Waals surface area (Å²) < 4.78 is 0. The van der Waals surface area contributed by atoms with Gasteiger partial charge < -0.3 is 65.7 Å². The number of hydrogen-bond acceptors (Lipinski definition) is 0. The summed E-state index contributed by atoms with van der Waals surface area (Å²) in [6.45, 7) is 0. The molecular weight excluding hydrogens is 248 g/mol. The fourth-order valence-electron chi connectivity index (χ4n) is 0. The summed E-state index contributed by atoms with van der Waals surface area (Å²) in [5.74, 6) is 0. The third-order valence-corrected chi connectivity index (χ3v) is 0. The van der Waals surface area contributed by atoms with E-state index in [1.807, 2.05) is 0 Å². The van der Waals surface area contributed by atoms with Crippen LogP contribution in [-0.4, -0.2) is 65.7 Å². The Balaban J connectivity index is 0. The molecule has 0 unspecified atom stereocenters. The fourth-order valence-corrected chi connectivity index (χ4v) is 0. The summed E-state index contributed by atoms with van der Waals surface area (Å²) in [5.41, 5.74) is 0. The van der Waals surface area contributed by atoms with E-state index in [0.29, 0.717) is 0 Å². The van der Waals surface area contributed by atoms with Crippen LogP contribution < -0.4 is 0 Å². The number of hydrogen-bond donors (Lipinski definition) is 0. The van der Waals surface area contributed by atoms with Gasteiger partial charge >= 0.3 is 17.1 Å². The molecule has 0 atom stereocenters. The van der Waals surface area contributed by atoms with Gasteiger partial charge in [0.25, 0.3) is 0 Å². The van der Waals surface area contributed by atoms with Crippen molar-refractivity contribution in [1.82, 2.24) is 0 Å². The van der Waals surface area contributed by atoms with Gasteiger partial charge in [0.1, 0.15) is 0 Å². The smallest absolute Gasteiger partial charge is 0.412 e. The minimum Gasteiger partial charge on any atom is -0.412 e. The van der Waals surface area contributed by atoms with E-state index in [4.69, 9.17) is 0 Å². The Labute approximate surface area is 83.7 Å². The molecule has 0 rings (SSSR count). The van der Waals surface area contributed by atoms with Crippen molar-refractivity contribution in [3.8, 4) is 0 Å². The second-order valence-electron chi connectivity index (χ2n) is 0. The zero-order valence-corrected chi connectivity index (χ0v) is 7.46. The summed E-state index contributed by atoms with van der Waals surface area (Å²) in [5, 5.41) is 0. The van der Waals surface area contributed by atoms with Crippen LogP contribution in [0.4, 0.5) is 0 Å². The first-order valence-electron chi connectivity index (χ1n) is 0. The van der Waals surface area contributed by atoms with Crippen molar-refractivity contribution >= 4 is 0 Å². The van der Waals surface area contributed by atoms with Crippen LogP contribution >= 0.6 is 0 Å². The maximum atomic E-state index is 0. The third kappa shape index (κ3) is 779000. The molecule has 0 aromatic rings. The molecule has 24 N–H and O–H groups in total. The zero-order valence-electron chi connectivity index (χ0n) is 6.35. The fraction of sp³-hybridized carbons (Fsp3) is 0. The molecule has 0 aromatic heterocycles. The molecule has 1 radical (unpaired) electrons. The molecule has 0 aliphatic rings. The topological polar surface area (TPSA) is 378 Å². The second-order valence-corrected chi connectivity index (χ2v) is 0. The largest absolute Gasteiger partial charge is 3.00 e. The van der Waals surface area contributed by atoms with Crippen molar-refractivity contribution in [1.29, 1.82) is 0 Å². The molecule has 0 aromatic carbocycles. The van der Waals surface area contributed by atoms with Gasteiger partial charge in [-0.25, -0.2) is 0 Å². The van der Waals surface area contributed by atoms with Gasteiger partial charge in [0, 0.05) is 0 Å². The van der Waals surface area contributed by atoms with Crippen LogP contribution in [0.1, 0.15) is 0 Å². The van der Waals surface area contributed by atoms with Crippen LogP contribution in [0.2, 0.25) is 0 Å². The molecule has 101 valence electrons. The minimum atomic E-state index is 0. The first kappa shape index (κ1) is 1210000. The summed E-state index contributed by atoms with van der Waals surface area (Å²) in [4.78, 5) is 0. The molecule has 0 saturated carbocycles. The molecule has 0 aliphatic carbocycles. The van der Waals surface area contributed by atoms with Gasteiger partial charge in [-0.3, -0.25) is 0 Å². The van der Waals surface area contributed by atoms with Gasteiger partial charge in [-0.05, 0) is 0 Å². The molecule has 13 heavy (non-hydrogen) atoms. The quantitative estimate of drug-likeness (QED) is 0.370. The van der Waals surface area contributed by atoms with Gasteiger partial charge in [0.2, 0.25) is 0 Å². The molecular formula is H24FeO12+3. The Hall–Kier alpha value is 0.0395. The summed E-state index contributed by atoms with van der Waals surface area (Å²) in [6, 6.07) is 0. The van der Waals surface area contributed by atoms with Crippen LogP contribution in [0.25, 0.3) is 0 Å². The van der Waals surface area contributed by atoms with E-state index in [0.717, 1.165) is 0 Å². The van der Waals surface area contributed by atoms with Gasteiger partial charge in [-0.2, -0.15) is 0 Å². The van der Waals surface area contributed by atoms with Crippen molar-refractivity contribution in [2.75, 3.05) is 0 Å². The molecule has 0 aliphatic heterocycles. The monoisotopic (exact) mass is 272 g/mol. The predicted octanol–water partition coefficient (Wildman–Crippen LogP) is -9.90. The van der Waals surface area contributed by atoms with E-state index in [-0.39, 0.29) is 82.8 Å². The van der Waals surface area contributed by atoms with E-state index in [1.54, 1.807) is 0 Å². The van der Waals surface area contributed by atoms with Crippen molar-refractivity contribution < 1.29 is 82.8 Å². The normalized spacial score (nSPS) is 0. The van der Waals surface area contributed by atoms with Crippen molar-refractivity contribution in [2.45, 2.75) is 0 Å². The van der Waals surface area contributed by atoms with Crippen LogP contribution in [0, 0.1) is 0 Å². The van der Waals surface area contributed by atoms with E-state index in [9.17, 15) is 0 Å². The molecule has 0 heterocycles. The van der Waals surface area contributed by atoms with Crippen molar-refractivity contribution in [3.63, 3.8) is 0 Å². The standard InChI is InChI=1S/Fe.12H2O/h;12*1H2/q+3;;;;;;;;;;;;. The minimum absolute atomic E-state index is 0. The van der Waals surface area contributed by atoms with E-state index >= 15 is 0 Å².